The summed E-state index contributed by atoms with van der Waals surface area (Å²) >= 11 is 0. The van der Waals surface area contributed by atoms with Gasteiger partial charge in [0.2, 0.25) is 0 Å². The first-order valence-electron chi connectivity index (χ1n) is 7.67. The molecule has 1 fully saturated rings. The maximum absolute atomic E-state index is 12.0. The maximum Gasteiger partial charge on any atom is 0.325 e. The predicted molar refractivity (Wildman–Crippen MR) is 85.5 cm³/mol. The highest BCUT2D eigenvalue weighted by Crippen LogP contribution is 2.26. The Morgan fingerprint density at radius 2 is 2.05 bits per heavy atom. The van der Waals surface area contributed by atoms with Crippen LogP contribution in [0.15, 0.2) is 30.3 Å². The Kier molecular flexibility index (Phi) is 5.23. The minimum absolute atomic E-state index is 0.156. The van der Waals surface area contributed by atoms with Crippen LogP contribution >= 0.6 is 0 Å². The second-order valence-electron chi connectivity index (χ2n) is 6.10. The van der Waals surface area contributed by atoms with Gasteiger partial charge in [0.05, 0.1) is 7.11 Å². The molecule has 1 aliphatic rings. The summed E-state index contributed by atoms with van der Waals surface area (Å²) in [7, 11) is 3.55. The second-order valence-corrected chi connectivity index (χ2v) is 6.10. The number of ether oxygens (including phenoxy) is 1. The number of hydrogen-bond acceptors (Lipinski definition) is 4. The van der Waals surface area contributed by atoms with Crippen LogP contribution < -0.4 is 10.2 Å². The fraction of sp³-hybridized carbons (Fsp3) is 0.588. The van der Waals surface area contributed by atoms with Gasteiger partial charge in [-0.05, 0) is 44.7 Å². The highest BCUT2D eigenvalue weighted by atomic mass is 16.5. The number of benzene rings is 1. The Labute approximate surface area is 127 Å². The van der Waals surface area contributed by atoms with Crippen molar-refractivity contribution in [2.45, 2.75) is 44.2 Å². The molecule has 1 N–H and O–H groups in total. The number of nitrogens with one attached hydrogen (secondary N) is 1. The van der Waals surface area contributed by atoms with Gasteiger partial charge in [-0.2, -0.15) is 0 Å². The van der Waals surface area contributed by atoms with Gasteiger partial charge in [-0.3, -0.25) is 10.1 Å². The number of rotatable bonds is 8. The van der Waals surface area contributed by atoms with Crippen molar-refractivity contribution in [1.82, 2.24) is 5.32 Å². The first-order valence-corrected chi connectivity index (χ1v) is 7.67. The van der Waals surface area contributed by atoms with Crippen molar-refractivity contribution in [1.29, 1.82) is 0 Å². The van der Waals surface area contributed by atoms with Crippen LogP contribution in [0.4, 0.5) is 5.69 Å². The molecule has 2 rings (SSSR count). The van der Waals surface area contributed by atoms with Crippen LogP contribution in [0.2, 0.25) is 0 Å². The Morgan fingerprint density at radius 3 is 2.62 bits per heavy atom. The molecule has 1 aliphatic carbocycles. The van der Waals surface area contributed by atoms with E-state index in [0.717, 1.165) is 32.2 Å². The molecule has 1 aromatic carbocycles. The number of anilines is 1. The summed E-state index contributed by atoms with van der Waals surface area (Å²) in [6.45, 7) is 2.88. The van der Waals surface area contributed by atoms with Gasteiger partial charge in [0.25, 0.3) is 0 Å². The highest BCUT2D eigenvalue weighted by molar-refractivity contribution is 5.80. The fourth-order valence-corrected chi connectivity index (χ4v) is 2.62. The van der Waals surface area contributed by atoms with Gasteiger partial charge in [0.15, 0.2) is 0 Å². The summed E-state index contributed by atoms with van der Waals surface area (Å²) in [4.78, 5) is 14.3. The van der Waals surface area contributed by atoms with E-state index in [1.54, 1.807) is 0 Å². The van der Waals surface area contributed by atoms with Gasteiger partial charge in [0.1, 0.15) is 5.54 Å². The van der Waals surface area contributed by atoms with Crippen molar-refractivity contribution in [3.05, 3.63) is 30.3 Å². The van der Waals surface area contributed by atoms with E-state index >= 15 is 0 Å². The lowest BCUT2D eigenvalue weighted by molar-refractivity contribution is -0.148. The molecule has 0 heterocycles. The third-order valence-electron chi connectivity index (χ3n) is 4.10. The zero-order valence-electron chi connectivity index (χ0n) is 13.3. The fourth-order valence-electron chi connectivity index (χ4n) is 2.62. The molecule has 4 heteroatoms. The third-order valence-corrected chi connectivity index (χ3v) is 4.10. The van der Waals surface area contributed by atoms with Crippen LogP contribution in [-0.4, -0.2) is 38.3 Å². The van der Waals surface area contributed by atoms with Gasteiger partial charge >= 0.3 is 5.97 Å². The third kappa shape index (κ3) is 4.46. The molecular formula is C17H26N2O2. The van der Waals surface area contributed by atoms with E-state index in [-0.39, 0.29) is 5.97 Å². The molecule has 0 aromatic heterocycles. The maximum atomic E-state index is 12.0. The molecular weight excluding hydrogens is 264 g/mol. The van der Waals surface area contributed by atoms with Crippen LogP contribution in [0.3, 0.4) is 0 Å². The molecule has 0 saturated heterocycles. The number of carbonyl (C=O) groups excluding carboxylic acids is 1. The van der Waals surface area contributed by atoms with Crippen LogP contribution in [0, 0.1) is 0 Å². The molecule has 0 radical (unpaired) electrons. The molecule has 0 spiro atoms. The van der Waals surface area contributed by atoms with Crippen LogP contribution in [0.25, 0.3) is 0 Å². The molecule has 1 aromatic rings. The molecule has 1 unspecified atom stereocenters. The lowest BCUT2D eigenvalue weighted by Gasteiger charge is -2.29. The molecule has 0 amide bonds. The summed E-state index contributed by atoms with van der Waals surface area (Å²) in [6.07, 6.45) is 4.05. The van der Waals surface area contributed by atoms with E-state index in [0.29, 0.717) is 6.04 Å². The van der Waals surface area contributed by atoms with Gasteiger partial charge < -0.3 is 9.64 Å². The molecule has 1 saturated carbocycles. The largest absolute Gasteiger partial charge is 0.468 e. The zero-order valence-corrected chi connectivity index (χ0v) is 13.3. The van der Waals surface area contributed by atoms with E-state index in [1.165, 1.54) is 12.8 Å². The number of carbonyl (C=O) groups is 1. The quantitative estimate of drug-likeness (QED) is 0.747. The van der Waals surface area contributed by atoms with E-state index in [9.17, 15) is 4.79 Å². The lowest BCUT2D eigenvalue weighted by Crippen LogP contribution is -2.51. The molecule has 1 atom stereocenters. The predicted octanol–water partition coefficient (Wildman–Crippen LogP) is 2.59. The Morgan fingerprint density at radius 1 is 1.38 bits per heavy atom. The summed E-state index contributed by atoms with van der Waals surface area (Å²) in [6, 6.07) is 10.8. The monoisotopic (exact) mass is 290 g/mol. The van der Waals surface area contributed by atoms with Crippen LogP contribution in [0.1, 0.15) is 32.6 Å². The van der Waals surface area contributed by atoms with Crippen LogP contribution in [-0.2, 0) is 9.53 Å². The Bertz CT molecular complexity index is 459. The molecule has 0 aliphatic heterocycles. The number of nitrogens with zero attached hydrogens (tertiary/aromatic N) is 1. The summed E-state index contributed by atoms with van der Waals surface area (Å²) in [5, 5.41) is 3.44. The van der Waals surface area contributed by atoms with E-state index < -0.39 is 5.54 Å². The summed E-state index contributed by atoms with van der Waals surface area (Å²) in [5.74, 6) is -0.156. The van der Waals surface area contributed by atoms with Crippen molar-refractivity contribution in [3.63, 3.8) is 0 Å². The summed E-state index contributed by atoms with van der Waals surface area (Å²) in [5.41, 5.74) is 0.639. The van der Waals surface area contributed by atoms with E-state index in [2.05, 4.69) is 29.4 Å². The minimum Gasteiger partial charge on any atom is -0.468 e. The Hall–Kier alpha value is -1.55. The van der Waals surface area contributed by atoms with Crippen molar-refractivity contribution in [2.75, 3.05) is 25.6 Å². The first kappa shape index (κ1) is 15.8. The van der Waals surface area contributed by atoms with Gasteiger partial charge in [-0.15, -0.1) is 0 Å². The molecule has 4 nitrogen and oxygen atoms in total. The molecule has 116 valence electrons. The van der Waals surface area contributed by atoms with Crippen LogP contribution in [0.5, 0.6) is 0 Å². The lowest BCUT2D eigenvalue weighted by atomic mass is 9.95. The SMILES string of the molecule is COC(=O)C(C)(CCCN(C)c1ccccc1)NC1CC1. The molecule has 21 heavy (non-hydrogen) atoms. The zero-order chi connectivity index (χ0) is 15.3. The smallest absolute Gasteiger partial charge is 0.325 e. The number of esters is 1. The highest BCUT2D eigenvalue weighted by Gasteiger charge is 2.38. The summed E-state index contributed by atoms with van der Waals surface area (Å²) < 4.78 is 4.97. The average molecular weight is 290 g/mol. The average Bonchev–Trinajstić information content (AvgIpc) is 3.30. The normalized spacial score (nSPS) is 17.1. The van der Waals surface area contributed by atoms with Crippen molar-refractivity contribution in [2.24, 2.45) is 0 Å². The van der Waals surface area contributed by atoms with Crippen molar-refractivity contribution in [3.8, 4) is 0 Å². The topological polar surface area (TPSA) is 41.6 Å². The number of methoxy groups -OCH3 is 1. The minimum atomic E-state index is -0.562. The number of para-hydroxylation sites is 1. The molecule has 0 bridgehead atoms. The van der Waals surface area contributed by atoms with E-state index in [4.69, 9.17) is 4.74 Å². The van der Waals surface area contributed by atoms with Crippen molar-refractivity contribution < 1.29 is 9.53 Å². The van der Waals surface area contributed by atoms with Gasteiger partial charge in [0, 0.05) is 25.3 Å². The van der Waals surface area contributed by atoms with Gasteiger partial charge in [-0.1, -0.05) is 18.2 Å². The standard InChI is InChI=1S/C17H26N2O2/c1-17(16(20)21-3,18-14-10-11-14)12-7-13-19(2)15-8-5-4-6-9-15/h4-6,8-9,14,18H,7,10-13H2,1-3H3. The van der Waals surface area contributed by atoms with E-state index in [1.807, 2.05) is 25.1 Å². The van der Waals surface area contributed by atoms with Gasteiger partial charge in [-0.25, -0.2) is 0 Å². The number of hydrogen-bond donors (Lipinski definition) is 1. The second kappa shape index (κ2) is 6.94. The first-order chi connectivity index (χ1) is 10.0. The van der Waals surface area contributed by atoms with Crippen molar-refractivity contribution >= 4 is 11.7 Å². The Balaban J connectivity index is 1.85.